The van der Waals surface area contributed by atoms with Crippen LogP contribution in [0.15, 0.2) is 24.9 Å². The fourth-order valence-electron chi connectivity index (χ4n) is 6.14. The normalized spacial score (nSPS) is 23.0. The number of carbonyl (C=O) groups excluding carboxylic acids is 1. The molecule has 9 heteroatoms. The second-order valence-electron chi connectivity index (χ2n) is 11.4. The summed E-state index contributed by atoms with van der Waals surface area (Å²) in [6, 6.07) is 6.65. The number of amides is 1. The van der Waals surface area contributed by atoms with E-state index in [1.807, 2.05) is 25.4 Å². The molecular weight excluding hydrogens is 490 g/mol. The Kier molecular flexibility index (Phi) is 5.89. The van der Waals surface area contributed by atoms with Crippen LogP contribution in [0.4, 0.5) is 5.82 Å². The van der Waals surface area contributed by atoms with Crippen LogP contribution in [-0.4, -0.2) is 68.9 Å². The maximum Gasteiger partial charge on any atom is 0.225 e. The fourth-order valence-corrected chi connectivity index (χ4v) is 6.14. The number of ether oxygens (including phenoxy) is 1. The van der Waals surface area contributed by atoms with Crippen LogP contribution in [0.3, 0.4) is 0 Å². The molecule has 3 aromatic heterocycles. The minimum absolute atomic E-state index is 0.0805. The molecule has 0 spiro atoms. The molecule has 200 valence electrons. The molecule has 0 radical (unpaired) electrons. The van der Waals surface area contributed by atoms with E-state index in [0.29, 0.717) is 36.9 Å². The van der Waals surface area contributed by atoms with Crippen molar-refractivity contribution in [1.82, 2.24) is 24.6 Å². The Morgan fingerprint density at radius 1 is 1.18 bits per heavy atom. The van der Waals surface area contributed by atoms with Crippen LogP contribution in [0.1, 0.15) is 61.4 Å². The number of aromatic nitrogens is 4. The highest BCUT2D eigenvalue weighted by Gasteiger charge is 2.42. The van der Waals surface area contributed by atoms with E-state index in [1.165, 1.54) is 0 Å². The SMILES string of the molecule is C=Cc1cc(-c2cc(C#N)c(N3CCN(C(=O)CC4CCO4)C(C4CC4)C3)nc2C2CC2)c2cnn(C)c2n1. The first kappa shape index (κ1) is 24.3. The number of nitrogens with zero attached hydrogens (tertiary/aromatic N) is 7. The largest absolute Gasteiger partial charge is 0.377 e. The maximum absolute atomic E-state index is 13.2. The van der Waals surface area contributed by atoms with Gasteiger partial charge in [-0.3, -0.25) is 9.48 Å². The molecule has 5 heterocycles. The molecule has 4 aliphatic rings. The summed E-state index contributed by atoms with van der Waals surface area (Å²) in [6.45, 7) is 6.75. The van der Waals surface area contributed by atoms with Crippen LogP contribution in [0.25, 0.3) is 28.2 Å². The summed E-state index contributed by atoms with van der Waals surface area (Å²) in [6.07, 6.45) is 9.62. The maximum atomic E-state index is 13.2. The summed E-state index contributed by atoms with van der Waals surface area (Å²) in [5.41, 5.74) is 5.14. The Hall–Kier alpha value is -3.77. The van der Waals surface area contributed by atoms with Gasteiger partial charge in [-0.1, -0.05) is 6.58 Å². The van der Waals surface area contributed by atoms with Crippen molar-refractivity contribution in [3.8, 4) is 17.2 Å². The Balaban J connectivity index is 1.25. The zero-order valence-corrected chi connectivity index (χ0v) is 22.3. The average Bonchev–Trinajstić information content (AvgIpc) is 3.87. The third-order valence-electron chi connectivity index (χ3n) is 8.74. The van der Waals surface area contributed by atoms with Gasteiger partial charge in [0.05, 0.1) is 41.7 Å². The molecule has 0 N–H and O–H groups in total. The van der Waals surface area contributed by atoms with Gasteiger partial charge in [-0.2, -0.15) is 10.4 Å². The number of fused-ring (bicyclic) bond motifs is 1. The zero-order chi connectivity index (χ0) is 26.7. The highest BCUT2D eigenvalue weighted by Crippen LogP contribution is 2.46. The highest BCUT2D eigenvalue weighted by atomic mass is 16.5. The monoisotopic (exact) mass is 523 g/mol. The number of anilines is 1. The van der Waals surface area contributed by atoms with Crippen molar-refractivity contribution in [2.75, 3.05) is 31.1 Å². The molecule has 0 aromatic carbocycles. The quantitative estimate of drug-likeness (QED) is 0.461. The van der Waals surface area contributed by atoms with E-state index in [0.717, 1.165) is 84.6 Å². The van der Waals surface area contributed by atoms with E-state index in [-0.39, 0.29) is 18.1 Å². The van der Waals surface area contributed by atoms with Crippen LogP contribution in [-0.2, 0) is 16.6 Å². The predicted molar refractivity (Wildman–Crippen MR) is 148 cm³/mol. The van der Waals surface area contributed by atoms with E-state index in [4.69, 9.17) is 14.7 Å². The molecule has 2 atom stereocenters. The summed E-state index contributed by atoms with van der Waals surface area (Å²) in [4.78, 5) is 27.4. The molecule has 0 bridgehead atoms. The molecule has 1 amide bonds. The van der Waals surface area contributed by atoms with Crippen molar-refractivity contribution >= 4 is 28.8 Å². The molecule has 4 fully saturated rings. The van der Waals surface area contributed by atoms with E-state index in [1.54, 1.807) is 10.8 Å². The van der Waals surface area contributed by atoms with Crippen molar-refractivity contribution in [3.63, 3.8) is 0 Å². The number of carbonyl (C=O) groups is 1. The van der Waals surface area contributed by atoms with Gasteiger partial charge in [-0.15, -0.1) is 0 Å². The lowest BCUT2D eigenvalue weighted by molar-refractivity contribution is -0.142. The third-order valence-corrected chi connectivity index (χ3v) is 8.74. The second-order valence-corrected chi connectivity index (χ2v) is 11.4. The summed E-state index contributed by atoms with van der Waals surface area (Å²) in [5, 5.41) is 15.7. The summed E-state index contributed by atoms with van der Waals surface area (Å²) in [7, 11) is 1.88. The molecule has 2 unspecified atom stereocenters. The van der Waals surface area contributed by atoms with Crippen molar-refractivity contribution in [2.45, 2.75) is 56.6 Å². The number of hydrogen-bond donors (Lipinski definition) is 0. The van der Waals surface area contributed by atoms with Gasteiger partial charge < -0.3 is 14.5 Å². The number of rotatable bonds is 7. The molecule has 9 nitrogen and oxygen atoms in total. The Morgan fingerprint density at radius 2 is 2.00 bits per heavy atom. The van der Waals surface area contributed by atoms with E-state index >= 15 is 0 Å². The first-order valence-corrected chi connectivity index (χ1v) is 14.1. The van der Waals surface area contributed by atoms with Crippen LogP contribution >= 0.6 is 0 Å². The molecule has 2 aliphatic carbocycles. The minimum atomic E-state index is 0.0805. The number of hydrogen-bond acceptors (Lipinski definition) is 7. The average molecular weight is 524 g/mol. The Labute approximate surface area is 228 Å². The van der Waals surface area contributed by atoms with Gasteiger partial charge in [0.1, 0.15) is 11.9 Å². The fraction of sp³-hybridized carbons (Fsp3) is 0.500. The van der Waals surface area contributed by atoms with Gasteiger partial charge in [0.2, 0.25) is 5.91 Å². The lowest BCUT2D eigenvalue weighted by Gasteiger charge is -2.43. The van der Waals surface area contributed by atoms with E-state index in [9.17, 15) is 10.1 Å². The van der Waals surface area contributed by atoms with Gasteiger partial charge in [0.15, 0.2) is 5.65 Å². The molecule has 2 aliphatic heterocycles. The van der Waals surface area contributed by atoms with E-state index < -0.39 is 0 Å². The summed E-state index contributed by atoms with van der Waals surface area (Å²) in [5.74, 6) is 1.86. The molecule has 2 saturated heterocycles. The van der Waals surface area contributed by atoms with Gasteiger partial charge in [-0.05, 0) is 61.8 Å². The van der Waals surface area contributed by atoms with Crippen LogP contribution in [0.5, 0.6) is 0 Å². The molecular formula is C30H33N7O2. The van der Waals surface area contributed by atoms with Gasteiger partial charge in [0, 0.05) is 50.2 Å². The number of nitriles is 1. The predicted octanol–water partition coefficient (Wildman–Crippen LogP) is 4.03. The van der Waals surface area contributed by atoms with Crippen molar-refractivity contribution in [2.24, 2.45) is 13.0 Å². The van der Waals surface area contributed by atoms with Crippen molar-refractivity contribution in [1.29, 1.82) is 5.26 Å². The van der Waals surface area contributed by atoms with E-state index in [2.05, 4.69) is 27.5 Å². The Bertz CT molecular complexity index is 1510. The zero-order valence-electron chi connectivity index (χ0n) is 22.3. The molecule has 7 rings (SSSR count). The smallest absolute Gasteiger partial charge is 0.225 e. The molecule has 2 saturated carbocycles. The highest BCUT2D eigenvalue weighted by molar-refractivity contribution is 5.95. The number of aryl methyl sites for hydroxylation is 1. The van der Waals surface area contributed by atoms with Crippen LogP contribution in [0.2, 0.25) is 0 Å². The first-order valence-electron chi connectivity index (χ1n) is 14.1. The molecule has 3 aromatic rings. The second kappa shape index (κ2) is 9.45. The summed E-state index contributed by atoms with van der Waals surface area (Å²) < 4.78 is 7.31. The standard InChI is InChI=1S/C30H33N7O2/c1-3-21-13-23(25-16-32-35(2)30(25)33-21)24-12-20(15-31)29(34-28(24)19-6-7-19)36-9-10-37(26(17-36)18-4-5-18)27(38)14-22-8-11-39-22/h3,12-13,16,18-19,22,26H,1,4-11,14,17H2,2H3. The lowest BCUT2D eigenvalue weighted by Crippen LogP contribution is -2.57. The number of piperazine rings is 1. The lowest BCUT2D eigenvalue weighted by atomic mass is 9.96. The van der Waals surface area contributed by atoms with Crippen LogP contribution in [0, 0.1) is 17.2 Å². The third kappa shape index (κ3) is 4.37. The van der Waals surface area contributed by atoms with Gasteiger partial charge >= 0.3 is 0 Å². The first-order chi connectivity index (χ1) is 19.0. The van der Waals surface area contributed by atoms with Gasteiger partial charge in [0.25, 0.3) is 0 Å². The molecule has 39 heavy (non-hydrogen) atoms. The van der Waals surface area contributed by atoms with Crippen molar-refractivity contribution < 1.29 is 9.53 Å². The topological polar surface area (TPSA) is 100 Å². The van der Waals surface area contributed by atoms with Gasteiger partial charge in [-0.25, -0.2) is 9.97 Å². The van der Waals surface area contributed by atoms with Crippen molar-refractivity contribution in [3.05, 3.63) is 41.9 Å². The summed E-state index contributed by atoms with van der Waals surface area (Å²) >= 11 is 0. The Morgan fingerprint density at radius 3 is 2.67 bits per heavy atom. The number of pyridine rings is 2. The van der Waals surface area contributed by atoms with Crippen LogP contribution < -0.4 is 4.90 Å². The minimum Gasteiger partial charge on any atom is -0.377 e.